The monoisotopic (exact) mass is 382 g/mol. The Morgan fingerprint density at radius 3 is 2.12 bits per heavy atom. The largest absolute Gasteiger partial charge is 0.341 e. The molecule has 2 aromatic rings. The summed E-state index contributed by atoms with van der Waals surface area (Å²) in [7, 11) is -3.88. The standard InChI is InChI=1S/C17H20F2N4O2S/c1-11-16(12(2)21-17(20-11)23-5-3-4-6-23)22-26(24,25)10-13-7-14(18)9-15(19)8-13/h7-9,22H,3-6,10H2,1-2H3. The number of hydrogen-bond donors (Lipinski definition) is 1. The molecule has 1 aliphatic rings. The first-order valence-electron chi connectivity index (χ1n) is 8.29. The number of benzene rings is 1. The van der Waals surface area contributed by atoms with Gasteiger partial charge in [0.25, 0.3) is 0 Å². The van der Waals surface area contributed by atoms with Crippen LogP contribution < -0.4 is 9.62 Å². The Hall–Kier alpha value is -2.29. The third kappa shape index (κ3) is 4.27. The molecule has 1 aromatic carbocycles. The number of aromatic nitrogens is 2. The van der Waals surface area contributed by atoms with Crippen molar-refractivity contribution in [3.63, 3.8) is 0 Å². The molecule has 140 valence electrons. The summed E-state index contributed by atoms with van der Waals surface area (Å²) in [6, 6.07) is 2.69. The summed E-state index contributed by atoms with van der Waals surface area (Å²) in [4.78, 5) is 10.9. The third-order valence-electron chi connectivity index (χ3n) is 4.18. The Morgan fingerprint density at radius 2 is 1.58 bits per heavy atom. The summed E-state index contributed by atoms with van der Waals surface area (Å²) in [6.07, 6.45) is 2.17. The Bertz CT molecular complexity index is 885. The molecular weight excluding hydrogens is 362 g/mol. The number of halogens is 2. The lowest BCUT2D eigenvalue weighted by atomic mass is 10.2. The third-order valence-corrected chi connectivity index (χ3v) is 5.41. The van der Waals surface area contributed by atoms with E-state index in [1.54, 1.807) is 13.8 Å². The van der Waals surface area contributed by atoms with Crippen molar-refractivity contribution in [3.8, 4) is 0 Å². The molecule has 6 nitrogen and oxygen atoms in total. The van der Waals surface area contributed by atoms with Crippen molar-refractivity contribution in [3.05, 3.63) is 46.8 Å². The number of nitrogens with zero attached hydrogens (tertiary/aromatic N) is 3. The van der Waals surface area contributed by atoms with Crippen molar-refractivity contribution in [1.82, 2.24) is 9.97 Å². The van der Waals surface area contributed by atoms with Crippen LogP contribution in [0.15, 0.2) is 18.2 Å². The molecule has 0 unspecified atom stereocenters. The number of anilines is 2. The fraction of sp³-hybridized carbons (Fsp3) is 0.412. The maximum absolute atomic E-state index is 13.3. The zero-order valence-electron chi connectivity index (χ0n) is 14.6. The van der Waals surface area contributed by atoms with E-state index in [4.69, 9.17) is 0 Å². The van der Waals surface area contributed by atoms with E-state index >= 15 is 0 Å². The molecule has 1 aromatic heterocycles. The summed E-state index contributed by atoms with van der Waals surface area (Å²) in [5, 5.41) is 0. The van der Waals surface area contributed by atoms with E-state index in [1.165, 1.54) is 0 Å². The number of aryl methyl sites for hydroxylation is 2. The predicted molar refractivity (Wildman–Crippen MR) is 95.6 cm³/mol. The average Bonchev–Trinajstić information content (AvgIpc) is 3.03. The zero-order chi connectivity index (χ0) is 18.9. The highest BCUT2D eigenvalue weighted by Gasteiger charge is 2.20. The number of nitrogens with one attached hydrogen (secondary N) is 1. The lowest BCUT2D eigenvalue weighted by Gasteiger charge is -2.19. The minimum Gasteiger partial charge on any atom is -0.341 e. The van der Waals surface area contributed by atoms with Gasteiger partial charge >= 0.3 is 0 Å². The van der Waals surface area contributed by atoms with Gasteiger partial charge < -0.3 is 4.90 Å². The molecule has 1 N–H and O–H groups in total. The Labute approximate surface area is 151 Å². The predicted octanol–water partition coefficient (Wildman–Crippen LogP) is 2.91. The van der Waals surface area contributed by atoms with Gasteiger partial charge in [0.2, 0.25) is 16.0 Å². The van der Waals surface area contributed by atoms with Crippen LogP contribution in [0.5, 0.6) is 0 Å². The van der Waals surface area contributed by atoms with E-state index in [2.05, 4.69) is 19.6 Å². The van der Waals surface area contributed by atoms with Crippen LogP contribution in [0.4, 0.5) is 20.4 Å². The van der Waals surface area contributed by atoms with Crippen molar-refractivity contribution in [2.45, 2.75) is 32.4 Å². The van der Waals surface area contributed by atoms with Gasteiger partial charge in [0.05, 0.1) is 22.8 Å². The summed E-state index contributed by atoms with van der Waals surface area (Å²) in [6.45, 7) is 5.17. The molecule has 0 atom stereocenters. The maximum Gasteiger partial charge on any atom is 0.237 e. The van der Waals surface area contributed by atoms with Gasteiger partial charge in [-0.3, -0.25) is 4.72 Å². The minimum atomic E-state index is -3.88. The summed E-state index contributed by atoms with van der Waals surface area (Å²) in [5.74, 6) is -1.59. The molecule has 0 amide bonds. The summed E-state index contributed by atoms with van der Waals surface area (Å²) in [5.41, 5.74) is 1.34. The maximum atomic E-state index is 13.3. The lowest BCUT2D eigenvalue weighted by molar-refractivity contribution is 0.579. The topological polar surface area (TPSA) is 75.2 Å². The second-order valence-corrected chi connectivity index (χ2v) is 8.12. The van der Waals surface area contributed by atoms with Crippen molar-refractivity contribution < 1.29 is 17.2 Å². The van der Waals surface area contributed by atoms with Gasteiger partial charge in [-0.05, 0) is 44.4 Å². The molecular formula is C17H20F2N4O2S. The van der Waals surface area contributed by atoms with Crippen molar-refractivity contribution in [2.24, 2.45) is 0 Å². The van der Waals surface area contributed by atoms with Crippen LogP contribution in [-0.4, -0.2) is 31.5 Å². The van der Waals surface area contributed by atoms with E-state index in [1.807, 2.05) is 0 Å². The van der Waals surface area contributed by atoms with Gasteiger partial charge in [0.15, 0.2) is 0 Å². The van der Waals surface area contributed by atoms with Gasteiger partial charge in [-0.15, -0.1) is 0 Å². The highest BCUT2D eigenvalue weighted by molar-refractivity contribution is 7.91. The number of rotatable bonds is 5. The lowest BCUT2D eigenvalue weighted by Crippen LogP contribution is -2.23. The molecule has 0 aliphatic carbocycles. The number of sulfonamides is 1. The fourth-order valence-corrected chi connectivity index (χ4v) is 4.29. The molecule has 9 heteroatoms. The van der Waals surface area contributed by atoms with E-state index in [0.29, 0.717) is 29.1 Å². The first-order valence-corrected chi connectivity index (χ1v) is 9.94. The van der Waals surface area contributed by atoms with Crippen LogP contribution in [0.3, 0.4) is 0 Å². The van der Waals surface area contributed by atoms with E-state index in [9.17, 15) is 17.2 Å². The van der Waals surface area contributed by atoms with Gasteiger partial charge in [-0.1, -0.05) is 0 Å². The molecule has 26 heavy (non-hydrogen) atoms. The van der Waals surface area contributed by atoms with Crippen molar-refractivity contribution in [1.29, 1.82) is 0 Å². The second-order valence-electron chi connectivity index (χ2n) is 6.40. The summed E-state index contributed by atoms with van der Waals surface area (Å²) >= 11 is 0. The van der Waals surface area contributed by atoms with Gasteiger partial charge in [0, 0.05) is 19.2 Å². The van der Waals surface area contributed by atoms with E-state index in [0.717, 1.165) is 38.1 Å². The van der Waals surface area contributed by atoms with Gasteiger partial charge in [0.1, 0.15) is 11.6 Å². The SMILES string of the molecule is Cc1nc(N2CCCC2)nc(C)c1NS(=O)(=O)Cc1cc(F)cc(F)c1. The van der Waals surface area contributed by atoms with Gasteiger partial charge in [-0.2, -0.15) is 0 Å². The molecule has 0 radical (unpaired) electrons. The molecule has 2 heterocycles. The smallest absolute Gasteiger partial charge is 0.237 e. The first-order chi connectivity index (χ1) is 12.2. The molecule has 1 saturated heterocycles. The number of hydrogen-bond acceptors (Lipinski definition) is 5. The minimum absolute atomic E-state index is 0.0277. The normalized spacial score (nSPS) is 14.7. The first kappa shape index (κ1) is 18.5. The van der Waals surface area contributed by atoms with E-state index in [-0.39, 0.29) is 5.56 Å². The molecule has 0 spiro atoms. The van der Waals surface area contributed by atoms with E-state index < -0.39 is 27.4 Å². The Kier molecular flexibility index (Phi) is 5.08. The molecule has 0 saturated carbocycles. The molecule has 0 bridgehead atoms. The highest BCUT2D eigenvalue weighted by Crippen LogP contribution is 2.24. The fourth-order valence-electron chi connectivity index (χ4n) is 3.01. The Morgan fingerprint density at radius 1 is 1.04 bits per heavy atom. The highest BCUT2D eigenvalue weighted by atomic mass is 32.2. The van der Waals surface area contributed by atoms with Crippen LogP contribution in [0.2, 0.25) is 0 Å². The van der Waals surface area contributed by atoms with Gasteiger partial charge in [-0.25, -0.2) is 27.2 Å². The van der Waals surface area contributed by atoms with Crippen LogP contribution >= 0.6 is 0 Å². The van der Waals surface area contributed by atoms with Crippen LogP contribution in [0, 0.1) is 25.5 Å². The zero-order valence-corrected chi connectivity index (χ0v) is 15.4. The van der Waals surface area contributed by atoms with Crippen LogP contribution in [-0.2, 0) is 15.8 Å². The van der Waals surface area contributed by atoms with Crippen molar-refractivity contribution in [2.75, 3.05) is 22.7 Å². The molecule has 3 rings (SSSR count). The second kappa shape index (κ2) is 7.14. The Balaban J connectivity index is 1.82. The molecule has 1 fully saturated rings. The van der Waals surface area contributed by atoms with Crippen molar-refractivity contribution >= 4 is 21.7 Å². The molecule has 1 aliphatic heterocycles. The average molecular weight is 382 g/mol. The van der Waals surface area contributed by atoms with Crippen LogP contribution in [0.1, 0.15) is 29.8 Å². The quantitative estimate of drug-likeness (QED) is 0.861. The summed E-state index contributed by atoms with van der Waals surface area (Å²) < 4.78 is 53.8. The van der Waals surface area contributed by atoms with Crippen LogP contribution in [0.25, 0.3) is 0 Å².